The first-order valence-electron chi connectivity index (χ1n) is 8.80. The Morgan fingerprint density at radius 1 is 1.46 bits per heavy atom. The monoisotopic (exact) mass is 380 g/mol. The maximum atomic E-state index is 13.0. The number of pyridine rings is 1. The van der Waals surface area contributed by atoms with Crippen molar-refractivity contribution in [1.82, 2.24) is 15.2 Å². The van der Waals surface area contributed by atoms with Crippen molar-refractivity contribution in [2.75, 3.05) is 6.54 Å². The molecule has 2 fully saturated rings. The van der Waals surface area contributed by atoms with Gasteiger partial charge in [0.1, 0.15) is 11.4 Å². The van der Waals surface area contributed by atoms with Crippen LogP contribution in [0.25, 0.3) is 0 Å². The predicted molar refractivity (Wildman–Crippen MR) is 95.6 cm³/mol. The number of hydrogen-bond acceptors (Lipinski definition) is 7. The number of aromatic nitrogens is 1. The first-order valence-corrected chi connectivity index (χ1v) is 10.5. The molecule has 2 saturated heterocycles. The summed E-state index contributed by atoms with van der Waals surface area (Å²) in [6.07, 6.45) is 2.86. The van der Waals surface area contributed by atoms with Crippen LogP contribution in [0.15, 0.2) is 24.4 Å². The van der Waals surface area contributed by atoms with E-state index in [4.69, 9.17) is 5.73 Å². The number of likely N-dealkylation sites (tertiary alicyclic amines) is 1. The second-order valence-corrected chi connectivity index (χ2v) is 9.02. The van der Waals surface area contributed by atoms with E-state index in [1.807, 2.05) is 6.92 Å². The number of nitrogens with one attached hydrogen (secondary N) is 1. The van der Waals surface area contributed by atoms with E-state index in [-0.39, 0.29) is 30.5 Å². The number of amides is 1. The molecule has 3 heterocycles. The summed E-state index contributed by atoms with van der Waals surface area (Å²) in [5.74, 6) is -0.910. The Morgan fingerprint density at radius 3 is 2.88 bits per heavy atom. The van der Waals surface area contributed by atoms with Crippen LogP contribution in [0.4, 0.5) is 0 Å². The Bertz CT molecular complexity index is 783. The van der Waals surface area contributed by atoms with Crippen molar-refractivity contribution in [3.05, 3.63) is 30.1 Å². The fourth-order valence-corrected chi connectivity index (χ4v) is 5.61. The molecule has 26 heavy (non-hydrogen) atoms. The molecule has 142 valence electrons. The van der Waals surface area contributed by atoms with Gasteiger partial charge in [-0.05, 0) is 18.6 Å². The van der Waals surface area contributed by atoms with Crippen molar-refractivity contribution in [3.8, 4) is 0 Å². The highest BCUT2D eigenvalue weighted by molar-refractivity contribution is 7.91. The minimum absolute atomic E-state index is 0.148. The summed E-state index contributed by atoms with van der Waals surface area (Å²) in [6.45, 7) is 2.05. The summed E-state index contributed by atoms with van der Waals surface area (Å²) in [5, 5.41) is 1.96. The van der Waals surface area contributed by atoms with Crippen LogP contribution in [0.3, 0.4) is 0 Å². The quantitative estimate of drug-likeness (QED) is 0.688. The van der Waals surface area contributed by atoms with Crippen molar-refractivity contribution < 1.29 is 18.0 Å². The first-order chi connectivity index (χ1) is 12.3. The third-order valence-electron chi connectivity index (χ3n) is 4.98. The molecule has 9 heteroatoms. The number of ketones is 1. The molecule has 4 atom stereocenters. The highest BCUT2D eigenvalue weighted by Gasteiger charge is 2.55. The van der Waals surface area contributed by atoms with Crippen LogP contribution in [0.2, 0.25) is 0 Å². The zero-order chi connectivity index (χ0) is 18.9. The zero-order valence-electron chi connectivity index (χ0n) is 14.7. The van der Waals surface area contributed by atoms with Crippen LogP contribution in [0, 0.1) is 0 Å². The third-order valence-corrected chi connectivity index (χ3v) is 6.92. The number of Topliss-reactive ketones (excluding diaryl/α,β-unsaturated/α-hetero) is 1. The van der Waals surface area contributed by atoms with Crippen LogP contribution < -0.4 is 11.1 Å². The predicted octanol–water partition coefficient (Wildman–Crippen LogP) is -0.408. The standard InChI is InChI=1S/C17H24N4O4S/c1-2-5-12(18)17(23)21-15(8-13-16(21)14(22)9-20-13)26(24,25)10-11-6-3-4-7-19-11/h3-4,6-7,12-13,15-16,20H,2,5,8-10,18H2,1H3. The van der Waals surface area contributed by atoms with Gasteiger partial charge in [0, 0.05) is 18.7 Å². The van der Waals surface area contributed by atoms with Gasteiger partial charge < -0.3 is 16.0 Å². The average Bonchev–Trinajstić information content (AvgIpc) is 3.15. The summed E-state index contributed by atoms with van der Waals surface area (Å²) in [4.78, 5) is 30.4. The molecule has 4 unspecified atom stereocenters. The number of rotatable bonds is 6. The molecule has 0 spiro atoms. The maximum Gasteiger partial charge on any atom is 0.241 e. The van der Waals surface area contributed by atoms with Gasteiger partial charge in [0.25, 0.3) is 0 Å². The van der Waals surface area contributed by atoms with Gasteiger partial charge in [-0.2, -0.15) is 0 Å². The van der Waals surface area contributed by atoms with Gasteiger partial charge in [0.05, 0.1) is 24.0 Å². The van der Waals surface area contributed by atoms with E-state index in [0.717, 1.165) is 0 Å². The van der Waals surface area contributed by atoms with Gasteiger partial charge in [-0.15, -0.1) is 0 Å². The van der Waals surface area contributed by atoms with Gasteiger partial charge in [0.2, 0.25) is 5.91 Å². The Hall–Kier alpha value is -1.84. The lowest BCUT2D eigenvalue weighted by atomic mass is 10.1. The van der Waals surface area contributed by atoms with Crippen LogP contribution >= 0.6 is 0 Å². The summed E-state index contributed by atoms with van der Waals surface area (Å²) >= 11 is 0. The molecule has 3 rings (SSSR count). The lowest BCUT2D eigenvalue weighted by molar-refractivity contribution is -0.138. The lowest BCUT2D eigenvalue weighted by Crippen LogP contribution is -2.54. The first kappa shape index (κ1) is 18.9. The molecule has 2 aliphatic heterocycles. The summed E-state index contributed by atoms with van der Waals surface area (Å²) < 4.78 is 26.0. The van der Waals surface area contributed by atoms with E-state index in [9.17, 15) is 18.0 Å². The molecular weight excluding hydrogens is 356 g/mol. The van der Waals surface area contributed by atoms with Crippen molar-refractivity contribution in [3.63, 3.8) is 0 Å². The number of fused-ring (bicyclic) bond motifs is 1. The number of nitrogens with two attached hydrogens (primary N) is 1. The van der Waals surface area contributed by atoms with Crippen molar-refractivity contribution in [1.29, 1.82) is 0 Å². The normalized spacial score (nSPS) is 26.8. The van der Waals surface area contributed by atoms with Crippen LogP contribution in [-0.2, 0) is 25.2 Å². The molecule has 0 aliphatic carbocycles. The second-order valence-electron chi connectivity index (χ2n) is 6.86. The number of carbonyl (C=O) groups excluding carboxylic acids is 2. The molecule has 8 nitrogen and oxygen atoms in total. The van der Waals surface area contributed by atoms with Crippen LogP contribution in [-0.4, -0.2) is 60.0 Å². The van der Waals surface area contributed by atoms with E-state index in [1.165, 1.54) is 11.1 Å². The van der Waals surface area contributed by atoms with Gasteiger partial charge >= 0.3 is 0 Å². The van der Waals surface area contributed by atoms with E-state index >= 15 is 0 Å². The molecular formula is C17H24N4O4S. The lowest BCUT2D eigenvalue weighted by Gasteiger charge is -2.30. The average molecular weight is 380 g/mol. The van der Waals surface area contributed by atoms with Crippen LogP contribution in [0.5, 0.6) is 0 Å². The number of nitrogens with zero attached hydrogens (tertiary/aromatic N) is 2. The van der Waals surface area contributed by atoms with E-state index in [1.54, 1.807) is 18.2 Å². The van der Waals surface area contributed by atoms with E-state index in [0.29, 0.717) is 18.5 Å². The van der Waals surface area contributed by atoms with Gasteiger partial charge in [-0.3, -0.25) is 14.6 Å². The Kier molecular flexibility index (Phi) is 5.40. The Labute approximate surface area is 153 Å². The van der Waals surface area contributed by atoms with Gasteiger partial charge in [0.15, 0.2) is 15.6 Å². The van der Waals surface area contributed by atoms with Crippen molar-refractivity contribution in [2.45, 2.75) is 55.4 Å². The SMILES string of the molecule is CCCC(N)C(=O)N1C2C(=O)CNC2CC1S(=O)(=O)Cc1ccccn1. The van der Waals surface area contributed by atoms with Gasteiger partial charge in [-0.1, -0.05) is 19.4 Å². The van der Waals surface area contributed by atoms with E-state index in [2.05, 4.69) is 10.3 Å². The summed E-state index contributed by atoms with van der Waals surface area (Å²) in [6, 6.07) is 3.15. The van der Waals surface area contributed by atoms with E-state index < -0.39 is 33.2 Å². The summed E-state index contributed by atoms with van der Waals surface area (Å²) in [5.41, 5.74) is 6.37. The molecule has 1 amide bonds. The Morgan fingerprint density at radius 2 is 2.23 bits per heavy atom. The summed E-state index contributed by atoms with van der Waals surface area (Å²) in [7, 11) is -3.73. The molecule has 0 aromatic carbocycles. The second kappa shape index (κ2) is 7.42. The number of carbonyl (C=O) groups is 2. The minimum atomic E-state index is -3.73. The molecule has 3 N–H and O–H groups in total. The smallest absolute Gasteiger partial charge is 0.241 e. The van der Waals surface area contributed by atoms with Gasteiger partial charge in [-0.25, -0.2) is 8.42 Å². The molecule has 0 bridgehead atoms. The van der Waals surface area contributed by atoms with Crippen LogP contribution in [0.1, 0.15) is 31.9 Å². The minimum Gasteiger partial charge on any atom is -0.320 e. The fraction of sp³-hybridized carbons (Fsp3) is 0.588. The topological polar surface area (TPSA) is 122 Å². The number of sulfone groups is 1. The largest absolute Gasteiger partial charge is 0.320 e. The van der Waals surface area contributed by atoms with Crippen molar-refractivity contribution >= 4 is 21.5 Å². The molecule has 0 saturated carbocycles. The highest BCUT2D eigenvalue weighted by atomic mass is 32.2. The highest BCUT2D eigenvalue weighted by Crippen LogP contribution is 2.33. The molecule has 0 radical (unpaired) electrons. The maximum absolute atomic E-state index is 13.0. The molecule has 1 aromatic rings. The third kappa shape index (κ3) is 3.51. The fourth-order valence-electron chi connectivity index (χ4n) is 3.75. The Balaban J connectivity index is 1.91. The molecule has 1 aromatic heterocycles. The molecule has 2 aliphatic rings. The number of hydrogen-bond donors (Lipinski definition) is 2. The zero-order valence-corrected chi connectivity index (χ0v) is 15.5. The van der Waals surface area contributed by atoms with Crippen molar-refractivity contribution in [2.24, 2.45) is 5.73 Å².